The van der Waals surface area contributed by atoms with Crippen LogP contribution in [0.2, 0.25) is 0 Å². The van der Waals surface area contributed by atoms with E-state index in [4.69, 9.17) is 0 Å². The van der Waals surface area contributed by atoms with Gasteiger partial charge in [0.1, 0.15) is 0 Å². The van der Waals surface area contributed by atoms with E-state index >= 15 is 0 Å². The molecule has 0 aromatic heterocycles. The Morgan fingerprint density at radius 3 is 2.50 bits per heavy atom. The molecule has 0 amide bonds. The quantitative estimate of drug-likeness (QED) is 0.415. The van der Waals surface area contributed by atoms with E-state index in [1.807, 2.05) is 0 Å². The highest BCUT2D eigenvalue weighted by molar-refractivity contribution is 4.90. The molecule has 0 heteroatoms. The first kappa shape index (κ1) is 3.91. The Balaban J connectivity index is 2.26. The first-order chi connectivity index (χ1) is 3.00. The van der Waals surface area contributed by atoms with Crippen molar-refractivity contribution in [3.63, 3.8) is 0 Å². The van der Waals surface area contributed by atoms with Crippen molar-refractivity contribution in [2.24, 2.45) is 0 Å². The van der Waals surface area contributed by atoms with E-state index in [1.54, 1.807) is 0 Å². The maximum absolute atomic E-state index is 3.03. The second-order valence-corrected chi connectivity index (χ2v) is 1.51. The minimum Gasteiger partial charge on any atom is -0.0807 e. The molecule has 1 rings (SSSR count). The van der Waals surface area contributed by atoms with E-state index in [2.05, 4.69) is 18.6 Å². The lowest BCUT2D eigenvalue weighted by atomic mass is 10.1. The normalized spacial score (nSPS) is 21.3. The highest BCUT2D eigenvalue weighted by Gasteiger charge is 1.88. The highest BCUT2D eigenvalue weighted by Crippen LogP contribution is 2.05. The molecular formula is C6H8. The molecule has 0 aliphatic heterocycles. The molecule has 6 heavy (non-hydrogen) atoms. The molecule has 1 aliphatic carbocycles. The van der Waals surface area contributed by atoms with Crippen molar-refractivity contribution in [2.45, 2.75) is 19.3 Å². The Kier molecular flexibility index (Phi) is 1.31. The molecule has 0 heterocycles. The Labute approximate surface area is 38.9 Å². The van der Waals surface area contributed by atoms with E-state index in [0.29, 0.717) is 0 Å². The third-order valence-electron chi connectivity index (χ3n) is 0.933. The van der Waals surface area contributed by atoms with E-state index in [0.717, 1.165) is 0 Å². The summed E-state index contributed by atoms with van der Waals surface area (Å²) in [5.74, 6) is 0. The van der Waals surface area contributed by atoms with Gasteiger partial charge < -0.3 is 0 Å². The van der Waals surface area contributed by atoms with Crippen LogP contribution in [0.1, 0.15) is 19.3 Å². The van der Waals surface area contributed by atoms with E-state index in [-0.39, 0.29) is 0 Å². The summed E-state index contributed by atoms with van der Waals surface area (Å²) in [5, 5.41) is 0. The van der Waals surface area contributed by atoms with Crippen LogP contribution in [-0.4, -0.2) is 0 Å². The molecule has 0 aromatic rings. The van der Waals surface area contributed by atoms with Crippen LogP contribution in [0, 0.1) is 12.5 Å². The molecule has 1 aliphatic rings. The maximum atomic E-state index is 3.03. The number of allylic oxidation sites excluding steroid dienone is 2. The molecule has 0 saturated carbocycles. The summed E-state index contributed by atoms with van der Waals surface area (Å²) < 4.78 is 0. The van der Waals surface area contributed by atoms with Crippen LogP contribution in [-0.2, 0) is 0 Å². The number of hydrogen-bond acceptors (Lipinski definition) is 0. The predicted molar refractivity (Wildman–Crippen MR) is 26.0 cm³/mol. The van der Waals surface area contributed by atoms with Gasteiger partial charge in [0.05, 0.1) is 0 Å². The molecule has 0 atom stereocenters. The van der Waals surface area contributed by atoms with Crippen molar-refractivity contribution in [1.82, 2.24) is 0 Å². The minimum absolute atomic E-state index is 1.23. The average Bonchev–Trinajstić information content (AvgIpc) is 1.72. The summed E-state index contributed by atoms with van der Waals surface area (Å²) in [6.45, 7) is 0. The summed E-state index contributed by atoms with van der Waals surface area (Å²) in [4.78, 5) is 0. The Bertz CT molecular complexity index is 45.1. The summed E-state index contributed by atoms with van der Waals surface area (Å²) in [7, 11) is 0. The van der Waals surface area contributed by atoms with Crippen LogP contribution in [0.5, 0.6) is 0 Å². The summed E-state index contributed by atoms with van der Waals surface area (Å²) in [5.41, 5.74) is 0. The summed E-state index contributed by atoms with van der Waals surface area (Å²) >= 11 is 0. The molecule has 0 saturated heterocycles. The Morgan fingerprint density at radius 2 is 2.33 bits per heavy atom. The van der Waals surface area contributed by atoms with Crippen LogP contribution in [0.25, 0.3) is 0 Å². The van der Waals surface area contributed by atoms with Gasteiger partial charge in [0.25, 0.3) is 0 Å². The zero-order valence-corrected chi connectivity index (χ0v) is 3.78. The van der Waals surface area contributed by atoms with Gasteiger partial charge in [-0.05, 0) is 31.8 Å². The van der Waals surface area contributed by atoms with Crippen LogP contribution >= 0.6 is 0 Å². The third kappa shape index (κ3) is 0.852. The lowest BCUT2D eigenvalue weighted by molar-refractivity contribution is 0.809. The van der Waals surface area contributed by atoms with Crippen LogP contribution in [0.15, 0.2) is 6.08 Å². The van der Waals surface area contributed by atoms with E-state index < -0.39 is 0 Å². The molecule has 0 unspecified atom stereocenters. The zero-order chi connectivity index (χ0) is 4.24. The van der Waals surface area contributed by atoms with Gasteiger partial charge in [-0.3, -0.25) is 0 Å². The lowest BCUT2D eigenvalue weighted by Crippen LogP contribution is -1.79. The van der Waals surface area contributed by atoms with Crippen LogP contribution in [0.3, 0.4) is 0 Å². The zero-order valence-electron chi connectivity index (χ0n) is 3.78. The smallest absolute Gasteiger partial charge is 0.00934 e. The molecular weight excluding hydrogens is 72.1 g/mol. The van der Waals surface area contributed by atoms with E-state index in [1.165, 1.54) is 19.3 Å². The van der Waals surface area contributed by atoms with Crippen LogP contribution in [0.4, 0.5) is 0 Å². The van der Waals surface area contributed by atoms with Crippen molar-refractivity contribution in [2.75, 3.05) is 0 Å². The van der Waals surface area contributed by atoms with Gasteiger partial charge >= 0.3 is 0 Å². The molecule has 0 N–H and O–H groups in total. The third-order valence-corrected chi connectivity index (χ3v) is 0.933. The number of rotatable bonds is 0. The van der Waals surface area contributed by atoms with Gasteiger partial charge in [-0.15, -0.1) is 0 Å². The first-order valence-electron chi connectivity index (χ1n) is 2.39. The van der Waals surface area contributed by atoms with Crippen molar-refractivity contribution in [1.29, 1.82) is 0 Å². The SMILES string of the molecule is [C]1=CCCC[CH]1. The highest BCUT2D eigenvalue weighted by atomic mass is 13.9. The Hall–Kier alpha value is -0.260. The fourth-order valence-electron chi connectivity index (χ4n) is 0.572. The monoisotopic (exact) mass is 80.1 g/mol. The van der Waals surface area contributed by atoms with Gasteiger partial charge in [-0.25, -0.2) is 0 Å². The summed E-state index contributed by atoms with van der Waals surface area (Å²) in [6, 6.07) is 0. The molecule has 0 fully saturated rings. The van der Waals surface area contributed by atoms with Gasteiger partial charge in [0.15, 0.2) is 0 Å². The second kappa shape index (κ2) is 2.01. The van der Waals surface area contributed by atoms with Crippen molar-refractivity contribution >= 4 is 0 Å². The van der Waals surface area contributed by atoms with Crippen molar-refractivity contribution < 1.29 is 0 Å². The number of hydrogen-bond donors (Lipinski definition) is 0. The fourth-order valence-corrected chi connectivity index (χ4v) is 0.572. The van der Waals surface area contributed by atoms with Gasteiger partial charge in [-0.2, -0.15) is 0 Å². The maximum Gasteiger partial charge on any atom is -0.00934 e. The van der Waals surface area contributed by atoms with E-state index in [9.17, 15) is 0 Å². The standard InChI is InChI=1S/C6H8/c1-2-4-6-5-3-1/h1,5H,2,4,6H2. The summed E-state index contributed by atoms with van der Waals surface area (Å²) in [6.07, 6.45) is 11.0. The first-order valence-corrected chi connectivity index (χ1v) is 2.39. The molecule has 32 valence electrons. The van der Waals surface area contributed by atoms with Crippen LogP contribution < -0.4 is 0 Å². The van der Waals surface area contributed by atoms with Gasteiger partial charge in [0, 0.05) is 0 Å². The fraction of sp³-hybridized carbons (Fsp3) is 0.500. The largest absolute Gasteiger partial charge is 0.0807 e. The molecule has 0 nitrogen and oxygen atoms in total. The topological polar surface area (TPSA) is 0 Å². The van der Waals surface area contributed by atoms with Gasteiger partial charge in [0.2, 0.25) is 0 Å². The minimum atomic E-state index is 1.23. The Morgan fingerprint density at radius 1 is 1.33 bits per heavy atom. The molecule has 0 spiro atoms. The second-order valence-electron chi connectivity index (χ2n) is 1.51. The predicted octanol–water partition coefficient (Wildman–Crippen LogP) is 1.73. The van der Waals surface area contributed by atoms with Gasteiger partial charge in [-0.1, -0.05) is 6.08 Å². The van der Waals surface area contributed by atoms with Crippen molar-refractivity contribution in [3.8, 4) is 0 Å². The van der Waals surface area contributed by atoms with Crippen molar-refractivity contribution in [3.05, 3.63) is 18.6 Å². The molecule has 0 aromatic carbocycles. The molecule has 2 radical (unpaired) electrons. The average molecular weight is 80.1 g/mol. The lowest BCUT2D eigenvalue weighted by Gasteiger charge is -1.96. The molecule has 0 bridgehead atoms.